The summed E-state index contributed by atoms with van der Waals surface area (Å²) in [7, 11) is 0. The van der Waals surface area contributed by atoms with Gasteiger partial charge in [0.15, 0.2) is 0 Å². The molecule has 0 aromatic carbocycles. The van der Waals surface area contributed by atoms with E-state index in [0.29, 0.717) is 11.9 Å². The fourth-order valence-corrected chi connectivity index (χ4v) is 3.66. The molecule has 0 spiro atoms. The van der Waals surface area contributed by atoms with Gasteiger partial charge in [-0.05, 0) is 19.8 Å². The van der Waals surface area contributed by atoms with Gasteiger partial charge in [-0.3, -0.25) is 4.79 Å². The lowest BCUT2D eigenvalue weighted by Gasteiger charge is -2.33. The second kappa shape index (κ2) is 5.92. The molecule has 2 fully saturated rings. The van der Waals surface area contributed by atoms with Gasteiger partial charge in [0.1, 0.15) is 0 Å². The molecule has 2 rings (SSSR count). The molecule has 1 unspecified atom stereocenters. The van der Waals surface area contributed by atoms with Gasteiger partial charge in [-0.1, -0.05) is 12.8 Å². The van der Waals surface area contributed by atoms with Crippen LogP contribution in [0.2, 0.25) is 0 Å². The molecular weight excluding hydrogens is 220 g/mol. The van der Waals surface area contributed by atoms with E-state index in [1.54, 1.807) is 0 Å². The molecule has 2 aliphatic rings. The summed E-state index contributed by atoms with van der Waals surface area (Å²) in [6.07, 6.45) is 5.00. The van der Waals surface area contributed by atoms with E-state index in [-0.39, 0.29) is 6.04 Å². The second-order valence-electron chi connectivity index (χ2n) is 4.64. The molecule has 1 saturated heterocycles. The first-order valence-electron chi connectivity index (χ1n) is 6.44. The highest BCUT2D eigenvalue weighted by atomic mass is 32.2. The summed E-state index contributed by atoms with van der Waals surface area (Å²) in [4.78, 5) is 14.5. The van der Waals surface area contributed by atoms with Crippen LogP contribution >= 0.6 is 11.8 Å². The Morgan fingerprint density at radius 2 is 2.19 bits per heavy atom. The number of thioether (sulfide) groups is 1. The summed E-state index contributed by atoms with van der Waals surface area (Å²) >= 11 is 1.89. The van der Waals surface area contributed by atoms with E-state index >= 15 is 0 Å². The van der Waals surface area contributed by atoms with Crippen molar-refractivity contribution in [2.45, 2.75) is 44.7 Å². The highest BCUT2D eigenvalue weighted by Crippen LogP contribution is 2.24. The molecule has 1 heterocycles. The van der Waals surface area contributed by atoms with E-state index in [9.17, 15) is 4.79 Å². The van der Waals surface area contributed by atoms with Crippen molar-refractivity contribution >= 4 is 17.7 Å². The zero-order chi connectivity index (χ0) is 11.4. The molecular formula is C12H22N2OS. The van der Waals surface area contributed by atoms with E-state index in [4.69, 9.17) is 0 Å². The van der Waals surface area contributed by atoms with Crippen molar-refractivity contribution in [3.63, 3.8) is 0 Å². The molecule has 1 atom stereocenters. The van der Waals surface area contributed by atoms with Crippen molar-refractivity contribution in [2.75, 3.05) is 24.6 Å². The number of carbonyl (C=O) groups excluding carboxylic acids is 1. The fraction of sp³-hybridized carbons (Fsp3) is 0.917. The van der Waals surface area contributed by atoms with Gasteiger partial charge in [0, 0.05) is 30.6 Å². The van der Waals surface area contributed by atoms with Crippen LogP contribution in [0.15, 0.2) is 0 Å². The van der Waals surface area contributed by atoms with E-state index in [1.165, 1.54) is 25.7 Å². The number of amides is 1. The van der Waals surface area contributed by atoms with Crippen LogP contribution in [0, 0.1) is 0 Å². The Bertz CT molecular complexity index is 235. The summed E-state index contributed by atoms with van der Waals surface area (Å²) in [5, 5.41) is 3.35. The Kier molecular flexibility index (Phi) is 4.53. The zero-order valence-corrected chi connectivity index (χ0v) is 10.9. The van der Waals surface area contributed by atoms with Crippen molar-refractivity contribution in [2.24, 2.45) is 0 Å². The number of hydrogen-bond acceptors (Lipinski definition) is 3. The molecule has 0 aromatic heterocycles. The minimum absolute atomic E-state index is 0.0688. The number of carbonyl (C=O) groups is 1. The lowest BCUT2D eigenvalue weighted by atomic mass is 10.1. The van der Waals surface area contributed by atoms with Gasteiger partial charge in [0.2, 0.25) is 5.91 Å². The molecule has 16 heavy (non-hydrogen) atoms. The fourth-order valence-electron chi connectivity index (χ4n) is 2.73. The van der Waals surface area contributed by atoms with Crippen LogP contribution in [-0.2, 0) is 4.79 Å². The van der Waals surface area contributed by atoms with Gasteiger partial charge in [0.05, 0.1) is 6.04 Å². The molecule has 0 radical (unpaired) electrons. The Balaban J connectivity index is 1.93. The first-order valence-corrected chi connectivity index (χ1v) is 7.60. The van der Waals surface area contributed by atoms with Gasteiger partial charge in [-0.25, -0.2) is 0 Å². The van der Waals surface area contributed by atoms with E-state index in [2.05, 4.69) is 17.1 Å². The number of hydrogen-bond donors (Lipinski definition) is 1. The van der Waals surface area contributed by atoms with Crippen LogP contribution in [0.5, 0.6) is 0 Å². The standard InChI is InChI=1S/C12H22N2OS/c1-2-14(10-5-3-4-6-10)12(15)11-9-16-8-7-13-11/h10-11,13H,2-9H2,1H3. The summed E-state index contributed by atoms with van der Waals surface area (Å²) in [6, 6.07) is 0.588. The summed E-state index contributed by atoms with van der Waals surface area (Å²) in [6.45, 7) is 3.95. The van der Waals surface area contributed by atoms with E-state index < -0.39 is 0 Å². The number of rotatable bonds is 3. The van der Waals surface area contributed by atoms with Crippen LogP contribution in [0.3, 0.4) is 0 Å². The SMILES string of the molecule is CCN(C(=O)C1CSCCN1)C1CCCC1. The van der Waals surface area contributed by atoms with Crippen molar-refractivity contribution in [1.29, 1.82) is 0 Å². The monoisotopic (exact) mass is 242 g/mol. The van der Waals surface area contributed by atoms with Crippen LogP contribution in [0.4, 0.5) is 0 Å². The second-order valence-corrected chi connectivity index (χ2v) is 5.79. The number of likely N-dealkylation sites (N-methyl/N-ethyl adjacent to an activating group) is 1. The van der Waals surface area contributed by atoms with Crippen LogP contribution in [0.1, 0.15) is 32.6 Å². The number of nitrogens with one attached hydrogen (secondary N) is 1. The molecule has 1 saturated carbocycles. The first kappa shape index (κ1) is 12.2. The smallest absolute Gasteiger partial charge is 0.240 e. The molecule has 4 heteroatoms. The first-order chi connectivity index (χ1) is 7.83. The third-order valence-corrected chi connectivity index (χ3v) is 4.67. The Labute approximate surface area is 102 Å². The lowest BCUT2D eigenvalue weighted by Crippen LogP contribution is -2.52. The largest absolute Gasteiger partial charge is 0.339 e. The normalized spacial score (nSPS) is 26.9. The van der Waals surface area contributed by atoms with Gasteiger partial charge in [-0.15, -0.1) is 0 Å². The lowest BCUT2D eigenvalue weighted by molar-refractivity contribution is -0.134. The van der Waals surface area contributed by atoms with Gasteiger partial charge in [-0.2, -0.15) is 11.8 Å². The van der Waals surface area contributed by atoms with E-state index in [0.717, 1.165) is 24.6 Å². The maximum Gasteiger partial charge on any atom is 0.240 e. The van der Waals surface area contributed by atoms with Crippen LogP contribution in [-0.4, -0.2) is 47.5 Å². The Morgan fingerprint density at radius 1 is 1.44 bits per heavy atom. The zero-order valence-electron chi connectivity index (χ0n) is 10.1. The summed E-state index contributed by atoms with van der Waals surface area (Å²) in [5.41, 5.74) is 0. The van der Waals surface area contributed by atoms with Crippen molar-refractivity contribution < 1.29 is 4.79 Å². The molecule has 1 aliphatic carbocycles. The average molecular weight is 242 g/mol. The highest BCUT2D eigenvalue weighted by molar-refractivity contribution is 7.99. The number of nitrogens with zero attached hydrogens (tertiary/aromatic N) is 1. The molecule has 92 valence electrons. The van der Waals surface area contributed by atoms with E-state index in [1.807, 2.05) is 11.8 Å². The Hall–Kier alpha value is -0.220. The third kappa shape index (κ3) is 2.72. The van der Waals surface area contributed by atoms with Gasteiger partial charge >= 0.3 is 0 Å². The minimum Gasteiger partial charge on any atom is -0.339 e. The van der Waals surface area contributed by atoms with Crippen molar-refractivity contribution in [3.8, 4) is 0 Å². The van der Waals surface area contributed by atoms with Gasteiger partial charge in [0.25, 0.3) is 0 Å². The molecule has 3 nitrogen and oxygen atoms in total. The van der Waals surface area contributed by atoms with Crippen LogP contribution in [0.25, 0.3) is 0 Å². The summed E-state index contributed by atoms with van der Waals surface area (Å²) in [5.74, 6) is 2.42. The molecule has 0 aromatic rings. The maximum atomic E-state index is 12.4. The average Bonchev–Trinajstić information content (AvgIpc) is 2.85. The van der Waals surface area contributed by atoms with Crippen LogP contribution < -0.4 is 5.32 Å². The topological polar surface area (TPSA) is 32.3 Å². The molecule has 1 aliphatic heterocycles. The minimum atomic E-state index is 0.0688. The Morgan fingerprint density at radius 3 is 2.75 bits per heavy atom. The van der Waals surface area contributed by atoms with Crippen molar-refractivity contribution in [1.82, 2.24) is 10.2 Å². The summed E-state index contributed by atoms with van der Waals surface area (Å²) < 4.78 is 0. The predicted molar refractivity (Wildman–Crippen MR) is 68.8 cm³/mol. The maximum absolute atomic E-state index is 12.4. The quantitative estimate of drug-likeness (QED) is 0.813. The van der Waals surface area contributed by atoms with Crippen molar-refractivity contribution in [3.05, 3.63) is 0 Å². The molecule has 0 bridgehead atoms. The molecule has 1 amide bonds. The predicted octanol–water partition coefficient (Wildman–Crippen LogP) is 1.48. The highest BCUT2D eigenvalue weighted by Gasteiger charge is 2.30. The van der Waals surface area contributed by atoms with Gasteiger partial charge < -0.3 is 10.2 Å². The third-order valence-electron chi connectivity index (χ3n) is 3.61. The molecule has 1 N–H and O–H groups in total.